The van der Waals surface area contributed by atoms with Crippen LogP contribution in [0.3, 0.4) is 0 Å². The molecule has 2 aromatic rings. The van der Waals surface area contributed by atoms with Crippen molar-refractivity contribution in [2.75, 3.05) is 5.32 Å². The number of anilines is 1. The molecule has 7 nitrogen and oxygen atoms in total. The van der Waals surface area contributed by atoms with Gasteiger partial charge in [0.25, 0.3) is 0 Å². The number of amides is 3. The Morgan fingerprint density at radius 1 is 1.03 bits per heavy atom. The van der Waals surface area contributed by atoms with Crippen molar-refractivity contribution >= 4 is 29.5 Å². The standard InChI is InChI=1S/C22H21N5O2/c1-14-19-12-11-18(15-5-3-2-4-6-15)21(27(19)13-24-14)26-22(29)25-17-9-7-16(8-10-17)20(23)28/h2-14,19H,1H3,(H2,23,28)(H2,25,26,29). The van der Waals surface area contributed by atoms with Gasteiger partial charge < -0.3 is 16.0 Å². The molecule has 3 amide bonds. The maximum absolute atomic E-state index is 12.7. The highest BCUT2D eigenvalue weighted by molar-refractivity contribution is 5.95. The van der Waals surface area contributed by atoms with Gasteiger partial charge in [-0.15, -0.1) is 0 Å². The summed E-state index contributed by atoms with van der Waals surface area (Å²) in [4.78, 5) is 30.3. The van der Waals surface area contributed by atoms with E-state index in [0.29, 0.717) is 17.1 Å². The zero-order chi connectivity index (χ0) is 20.4. The van der Waals surface area contributed by atoms with Crippen molar-refractivity contribution in [3.05, 3.63) is 83.7 Å². The second-order valence-corrected chi connectivity index (χ2v) is 6.91. The lowest BCUT2D eigenvalue weighted by Gasteiger charge is -2.32. The van der Waals surface area contributed by atoms with E-state index < -0.39 is 5.91 Å². The molecular weight excluding hydrogens is 366 g/mol. The van der Waals surface area contributed by atoms with Crippen molar-refractivity contribution in [3.63, 3.8) is 0 Å². The molecule has 4 N–H and O–H groups in total. The maximum atomic E-state index is 12.7. The van der Waals surface area contributed by atoms with E-state index in [1.54, 1.807) is 30.6 Å². The summed E-state index contributed by atoms with van der Waals surface area (Å²) < 4.78 is 0. The number of nitrogens with two attached hydrogens (primary N) is 1. The molecule has 2 heterocycles. The predicted octanol–water partition coefficient (Wildman–Crippen LogP) is 2.95. The highest BCUT2D eigenvalue weighted by Crippen LogP contribution is 2.31. The molecule has 2 aliphatic rings. The lowest BCUT2D eigenvalue weighted by Crippen LogP contribution is -2.43. The number of carbonyl (C=O) groups is 2. The zero-order valence-corrected chi connectivity index (χ0v) is 15.9. The van der Waals surface area contributed by atoms with Gasteiger partial charge in [-0.25, -0.2) is 4.79 Å². The summed E-state index contributed by atoms with van der Waals surface area (Å²) in [5, 5.41) is 5.75. The van der Waals surface area contributed by atoms with Crippen molar-refractivity contribution in [1.29, 1.82) is 0 Å². The van der Waals surface area contributed by atoms with E-state index in [1.807, 2.05) is 48.2 Å². The van der Waals surface area contributed by atoms with Crippen molar-refractivity contribution in [2.24, 2.45) is 10.7 Å². The van der Waals surface area contributed by atoms with E-state index in [9.17, 15) is 9.59 Å². The Morgan fingerprint density at radius 2 is 1.76 bits per heavy atom. The molecule has 2 atom stereocenters. The van der Waals surface area contributed by atoms with Gasteiger partial charge in [0, 0.05) is 16.8 Å². The monoisotopic (exact) mass is 387 g/mol. The van der Waals surface area contributed by atoms with Gasteiger partial charge in [-0.3, -0.25) is 15.1 Å². The third kappa shape index (κ3) is 3.75. The predicted molar refractivity (Wildman–Crippen MR) is 113 cm³/mol. The van der Waals surface area contributed by atoms with Crippen LogP contribution in [0.2, 0.25) is 0 Å². The van der Waals surface area contributed by atoms with E-state index in [4.69, 9.17) is 5.73 Å². The molecule has 4 rings (SSSR count). The van der Waals surface area contributed by atoms with Crippen molar-refractivity contribution in [1.82, 2.24) is 10.2 Å². The van der Waals surface area contributed by atoms with E-state index in [2.05, 4.69) is 21.7 Å². The first-order valence-corrected chi connectivity index (χ1v) is 9.30. The minimum absolute atomic E-state index is 0.0626. The molecule has 2 unspecified atom stereocenters. The first kappa shape index (κ1) is 18.5. The number of hydrogen-bond acceptors (Lipinski definition) is 4. The smallest absolute Gasteiger partial charge is 0.324 e. The Bertz CT molecular complexity index is 1020. The molecule has 29 heavy (non-hydrogen) atoms. The third-order valence-corrected chi connectivity index (χ3v) is 4.96. The Balaban J connectivity index is 1.59. The minimum Gasteiger partial charge on any atom is -0.366 e. The van der Waals surface area contributed by atoms with E-state index in [0.717, 1.165) is 11.1 Å². The van der Waals surface area contributed by atoms with Crippen LogP contribution in [-0.2, 0) is 0 Å². The van der Waals surface area contributed by atoms with Crippen LogP contribution in [0.4, 0.5) is 10.5 Å². The molecular formula is C22H21N5O2. The molecule has 2 aromatic carbocycles. The Kier molecular flexibility index (Phi) is 4.87. The first-order valence-electron chi connectivity index (χ1n) is 9.30. The van der Waals surface area contributed by atoms with Gasteiger partial charge in [0.05, 0.1) is 18.4 Å². The van der Waals surface area contributed by atoms with Crippen LogP contribution in [-0.4, -0.2) is 35.3 Å². The number of fused-ring (bicyclic) bond motifs is 1. The second kappa shape index (κ2) is 7.63. The number of benzene rings is 2. The quantitative estimate of drug-likeness (QED) is 0.752. The molecule has 0 aliphatic carbocycles. The molecule has 2 aliphatic heterocycles. The van der Waals surface area contributed by atoms with E-state index >= 15 is 0 Å². The number of rotatable bonds is 4. The fraction of sp³-hybridized carbons (Fsp3) is 0.136. The lowest BCUT2D eigenvalue weighted by atomic mass is 9.98. The second-order valence-electron chi connectivity index (χ2n) is 6.91. The number of primary amides is 1. The van der Waals surface area contributed by atoms with Gasteiger partial charge in [-0.2, -0.15) is 0 Å². The molecule has 0 fully saturated rings. The fourth-order valence-corrected chi connectivity index (χ4v) is 3.42. The summed E-state index contributed by atoms with van der Waals surface area (Å²) >= 11 is 0. The summed E-state index contributed by atoms with van der Waals surface area (Å²) in [6.07, 6.45) is 5.89. The SMILES string of the molecule is CC1N=CN2C(NC(=O)Nc3ccc(C(N)=O)cc3)=C(c3ccccc3)C=CC12. The molecule has 0 spiro atoms. The molecule has 0 radical (unpaired) electrons. The number of urea groups is 1. The van der Waals surface area contributed by atoms with Crippen LogP contribution in [0, 0.1) is 0 Å². The van der Waals surface area contributed by atoms with Gasteiger partial charge in [-0.1, -0.05) is 42.5 Å². The minimum atomic E-state index is -0.513. The third-order valence-electron chi connectivity index (χ3n) is 4.96. The summed E-state index contributed by atoms with van der Waals surface area (Å²) in [6.45, 7) is 2.04. The topological polar surface area (TPSA) is 99.8 Å². The highest BCUT2D eigenvalue weighted by Gasteiger charge is 2.32. The van der Waals surface area contributed by atoms with Crippen LogP contribution < -0.4 is 16.4 Å². The van der Waals surface area contributed by atoms with Crippen LogP contribution >= 0.6 is 0 Å². The average molecular weight is 387 g/mol. The van der Waals surface area contributed by atoms with E-state index in [1.165, 1.54) is 0 Å². The Hall–Kier alpha value is -3.87. The zero-order valence-electron chi connectivity index (χ0n) is 15.9. The summed E-state index contributed by atoms with van der Waals surface area (Å²) in [5.74, 6) is 0.157. The van der Waals surface area contributed by atoms with Crippen LogP contribution in [0.25, 0.3) is 5.57 Å². The van der Waals surface area contributed by atoms with Gasteiger partial charge in [0.1, 0.15) is 5.82 Å². The first-order chi connectivity index (χ1) is 14.0. The lowest BCUT2D eigenvalue weighted by molar-refractivity contribution is 0.100. The van der Waals surface area contributed by atoms with Crippen molar-refractivity contribution in [3.8, 4) is 0 Å². The van der Waals surface area contributed by atoms with Gasteiger partial charge in [-0.05, 0) is 36.8 Å². The van der Waals surface area contributed by atoms with Crippen molar-refractivity contribution in [2.45, 2.75) is 19.0 Å². The summed E-state index contributed by atoms with van der Waals surface area (Å²) in [6, 6.07) is 16.1. The molecule has 0 saturated carbocycles. The number of aliphatic imine (C=N–C) groups is 1. The van der Waals surface area contributed by atoms with Gasteiger partial charge in [0.2, 0.25) is 5.91 Å². The molecule has 7 heteroatoms. The number of hydrogen-bond donors (Lipinski definition) is 3. The molecule has 0 saturated heterocycles. The number of nitrogens with one attached hydrogen (secondary N) is 2. The van der Waals surface area contributed by atoms with Gasteiger partial charge >= 0.3 is 6.03 Å². The van der Waals surface area contributed by atoms with E-state index in [-0.39, 0.29) is 18.1 Å². The summed E-state index contributed by atoms with van der Waals surface area (Å²) in [5.41, 5.74) is 8.09. The molecule has 146 valence electrons. The average Bonchev–Trinajstić information content (AvgIpc) is 3.10. The number of nitrogens with zero attached hydrogens (tertiary/aromatic N) is 2. The Labute approximate surface area is 168 Å². The summed E-state index contributed by atoms with van der Waals surface area (Å²) in [7, 11) is 0. The molecule has 0 aromatic heterocycles. The van der Waals surface area contributed by atoms with Crippen LogP contribution in [0.5, 0.6) is 0 Å². The Morgan fingerprint density at radius 3 is 2.45 bits per heavy atom. The largest absolute Gasteiger partial charge is 0.366 e. The fourth-order valence-electron chi connectivity index (χ4n) is 3.42. The maximum Gasteiger partial charge on any atom is 0.324 e. The van der Waals surface area contributed by atoms with Crippen LogP contribution in [0.15, 0.2) is 77.6 Å². The van der Waals surface area contributed by atoms with Gasteiger partial charge in [0.15, 0.2) is 0 Å². The van der Waals surface area contributed by atoms with Crippen molar-refractivity contribution < 1.29 is 9.59 Å². The normalized spacial score (nSPS) is 19.8. The number of allylic oxidation sites excluding steroid dienone is 2. The number of carbonyl (C=O) groups excluding carboxylic acids is 2. The molecule has 0 bridgehead atoms. The van der Waals surface area contributed by atoms with Crippen LogP contribution in [0.1, 0.15) is 22.8 Å². The highest BCUT2D eigenvalue weighted by atomic mass is 16.2.